The van der Waals surface area contributed by atoms with Crippen molar-refractivity contribution in [1.82, 2.24) is 10.3 Å². The summed E-state index contributed by atoms with van der Waals surface area (Å²) in [6.45, 7) is 2.50. The van der Waals surface area contributed by atoms with E-state index in [2.05, 4.69) is 34.6 Å². The summed E-state index contributed by atoms with van der Waals surface area (Å²) in [5.41, 5.74) is 2.15. The van der Waals surface area contributed by atoms with Crippen LogP contribution < -0.4 is 5.32 Å². The van der Waals surface area contributed by atoms with Crippen LogP contribution in [0, 0.1) is 0 Å². The molecule has 2 aromatic rings. The lowest BCUT2D eigenvalue weighted by Crippen LogP contribution is -2.24. The molecule has 3 heteroatoms. The van der Waals surface area contributed by atoms with Crippen LogP contribution in [0.25, 0.3) is 10.9 Å². The molecule has 1 saturated carbocycles. The summed E-state index contributed by atoms with van der Waals surface area (Å²) in [5.74, 6) is 0. The molecule has 0 radical (unpaired) electrons. The number of hydrogen-bond acceptors (Lipinski definition) is 3. The molecule has 0 unspecified atom stereocenters. The van der Waals surface area contributed by atoms with E-state index in [0.29, 0.717) is 6.10 Å². The van der Waals surface area contributed by atoms with E-state index in [1.807, 2.05) is 12.1 Å². The van der Waals surface area contributed by atoms with Gasteiger partial charge in [-0.15, -0.1) is 0 Å². The average Bonchev–Trinajstić information content (AvgIpc) is 2.55. The summed E-state index contributed by atoms with van der Waals surface area (Å²) in [6.07, 6.45) is 7.03. The lowest BCUT2D eigenvalue weighted by Gasteiger charge is -2.22. The molecule has 0 saturated heterocycles. The molecule has 1 aliphatic carbocycles. The number of benzene rings is 1. The SMILES string of the molecule is c1ccc2nc(CNCCOC3CCCCC3)ccc2c1. The minimum atomic E-state index is 0.499. The first-order valence-electron chi connectivity index (χ1n) is 8.09. The van der Waals surface area contributed by atoms with E-state index in [1.165, 1.54) is 37.5 Å². The van der Waals surface area contributed by atoms with Crippen LogP contribution in [0.4, 0.5) is 0 Å². The minimum absolute atomic E-state index is 0.499. The molecule has 0 amide bonds. The molecule has 1 N–H and O–H groups in total. The second-order valence-corrected chi connectivity index (χ2v) is 5.80. The topological polar surface area (TPSA) is 34.2 Å². The van der Waals surface area contributed by atoms with Crippen LogP contribution in [-0.2, 0) is 11.3 Å². The van der Waals surface area contributed by atoms with Gasteiger partial charge in [-0.2, -0.15) is 0 Å². The van der Waals surface area contributed by atoms with Gasteiger partial charge in [0.15, 0.2) is 0 Å². The number of para-hydroxylation sites is 1. The highest BCUT2D eigenvalue weighted by molar-refractivity contribution is 5.78. The summed E-state index contributed by atoms with van der Waals surface area (Å²) in [5, 5.41) is 4.61. The molecule has 1 aromatic heterocycles. The Kier molecular flexibility index (Phi) is 5.19. The molecule has 21 heavy (non-hydrogen) atoms. The molecular formula is C18H24N2O. The summed E-state index contributed by atoms with van der Waals surface area (Å²) in [4.78, 5) is 4.66. The van der Waals surface area contributed by atoms with Gasteiger partial charge in [0.05, 0.1) is 23.9 Å². The van der Waals surface area contributed by atoms with E-state index in [4.69, 9.17) is 4.74 Å². The molecule has 0 bridgehead atoms. The number of rotatable bonds is 6. The maximum Gasteiger partial charge on any atom is 0.0705 e. The van der Waals surface area contributed by atoms with Gasteiger partial charge in [-0.05, 0) is 25.0 Å². The number of aromatic nitrogens is 1. The van der Waals surface area contributed by atoms with E-state index < -0.39 is 0 Å². The first-order valence-corrected chi connectivity index (χ1v) is 8.09. The predicted octanol–water partition coefficient (Wildman–Crippen LogP) is 3.67. The van der Waals surface area contributed by atoms with E-state index in [9.17, 15) is 0 Å². The first kappa shape index (κ1) is 14.5. The smallest absolute Gasteiger partial charge is 0.0705 e. The third-order valence-corrected chi connectivity index (χ3v) is 4.15. The van der Waals surface area contributed by atoms with Crippen LogP contribution in [0.3, 0.4) is 0 Å². The van der Waals surface area contributed by atoms with Crippen LogP contribution in [0.2, 0.25) is 0 Å². The standard InChI is InChI=1S/C18H24N2O/c1-2-7-17(8-3-1)21-13-12-19-14-16-11-10-15-6-4-5-9-18(15)20-16/h4-6,9-11,17,19H,1-3,7-8,12-14H2. The molecule has 3 nitrogen and oxygen atoms in total. The Morgan fingerprint density at radius 2 is 1.90 bits per heavy atom. The lowest BCUT2D eigenvalue weighted by molar-refractivity contribution is 0.0302. The van der Waals surface area contributed by atoms with Crippen molar-refractivity contribution >= 4 is 10.9 Å². The number of nitrogens with one attached hydrogen (secondary N) is 1. The Morgan fingerprint density at radius 1 is 1.05 bits per heavy atom. The van der Waals surface area contributed by atoms with E-state index in [0.717, 1.165) is 30.9 Å². The van der Waals surface area contributed by atoms with Crippen LogP contribution in [0.5, 0.6) is 0 Å². The van der Waals surface area contributed by atoms with Crippen molar-refractivity contribution in [3.05, 3.63) is 42.1 Å². The maximum atomic E-state index is 5.91. The highest BCUT2D eigenvalue weighted by Gasteiger charge is 2.12. The summed E-state index contributed by atoms with van der Waals surface area (Å²) in [6, 6.07) is 12.5. The van der Waals surface area contributed by atoms with Crippen LogP contribution >= 0.6 is 0 Å². The van der Waals surface area contributed by atoms with Gasteiger partial charge in [0.25, 0.3) is 0 Å². The highest BCUT2D eigenvalue weighted by Crippen LogP contribution is 2.19. The lowest BCUT2D eigenvalue weighted by atomic mass is 9.98. The van der Waals surface area contributed by atoms with E-state index >= 15 is 0 Å². The number of nitrogens with zero attached hydrogens (tertiary/aromatic N) is 1. The third kappa shape index (κ3) is 4.26. The largest absolute Gasteiger partial charge is 0.377 e. The number of fused-ring (bicyclic) bond motifs is 1. The number of pyridine rings is 1. The van der Waals surface area contributed by atoms with Gasteiger partial charge >= 0.3 is 0 Å². The van der Waals surface area contributed by atoms with Gasteiger partial charge in [0, 0.05) is 18.5 Å². The number of ether oxygens (including phenoxy) is 1. The fraction of sp³-hybridized carbons (Fsp3) is 0.500. The summed E-state index contributed by atoms with van der Waals surface area (Å²) < 4.78 is 5.91. The Morgan fingerprint density at radius 3 is 2.81 bits per heavy atom. The zero-order valence-electron chi connectivity index (χ0n) is 12.6. The van der Waals surface area contributed by atoms with Gasteiger partial charge in [-0.3, -0.25) is 4.98 Å². The minimum Gasteiger partial charge on any atom is -0.377 e. The van der Waals surface area contributed by atoms with Crippen LogP contribution in [0.1, 0.15) is 37.8 Å². The van der Waals surface area contributed by atoms with Crippen molar-refractivity contribution < 1.29 is 4.74 Å². The molecule has 1 heterocycles. The molecule has 112 valence electrons. The predicted molar refractivity (Wildman–Crippen MR) is 86.3 cm³/mol. The monoisotopic (exact) mass is 284 g/mol. The third-order valence-electron chi connectivity index (χ3n) is 4.15. The molecule has 1 aromatic carbocycles. The van der Waals surface area contributed by atoms with E-state index in [1.54, 1.807) is 0 Å². The molecule has 1 aliphatic rings. The van der Waals surface area contributed by atoms with Gasteiger partial charge in [0.1, 0.15) is 0 Å². The second-order valence-electron chi connectivity index (χ2n) is 5.80. The molecule has 0 aliphatic heterocycles. The Labute approximate surface area is 126 Å². The zero-order chi connectivity index (χ0) is 14.3. The van der Waals surface area contributed by atoms with E-state index in [-0.39, 0.29) is 0 Å². The fourth-order valence-electron chi connectivity index (χ4n) is 2.95. The van der Waals surface area contributed by atoms with Gasteiger partial charge in [-0.1, -0.05) is 43.5 Å². The van der Waals surface area contributed by atoms with Gasteiger partial charge in [0.2, 0.25) is 0 Å². The number of hydrogen-bond donors (Lipinski definition) is 1. The zero-order valence-corrected chi connectivity index (χ0v) is 12.6. The quantitative estimate of drug-likeness (QED) is 0.822. The molecule has 3 rings (SSSR count). The maximum absolute atomic E-state index is 5.91. The summed E-state index contributed by atoms with van der Waals surface area (Å²) in [7, 11) is 0. The van der Waals surface area contributed by atoms with Crippen molar-refractivity contribution in [2.24, 2.45) is 0 Å². The molecule has 0 atom stereocenters. The second kappa shape index (κ2) is 7.53. The van der Waals surface area contributed by atoms with Crippen molar-refractivity contribution in [2.45, 2.75) is 44.8 Å². The van der Waals surface area contributed by atoms with Gasteiger partial charge in [-0.25, -0.2) is 0 Å². The fourth-order valence-corrected chi connectivity index (χ4v) is 2.95. The Bertz CT molecular complexity index is 564. The van der Waals surface area contributed by atoms with Crippen molar-refractivity contribution in [3.63, 3.8) is 0 Å². The highest BCUT2D eigenvalue weighted by atomic mass is 16.5. The normalized spacial score (nSPS) is 16.4. The van der Waals surface area contributed by atoms with Crippen LogP contribution in [0.15, 0.2) is 36.4 Å². The Hall–Kier alpha value is -1.45. The van der Waals surface area contributed by atoms with Crippen LogP contribution in [-0.4, -0.2) is 24.2 Å². The first-order chi connectivity index (χ1) is 10.4. The van der Waals surface area contributed by atoms with Crippen molar-refractivity contribution in [2.75, 3.05) is 13.2 Å². The molecule has 1 fully saturated rings. The van der Waals surface area contributed by atoms with Gasteiger partial charge < -0.3 is 10.1 Å². The molecular weight excluding hydrogens is 260 g/mol. The average molecular weight is 284 g/mol. The summed E-state index contributed by atoms with van der Waals surface area (Å²) >= 11 is 0. The van der Waals surface area contributed by atoms with Crippen molar-refractivity contribution in [1.29, 1.82) is 0 Å². The van der Waals surface area contributed by atoms with Crippen molar-refractivity contribution in [3.8, 4) is 0 Å². The molecule has 0 spiro atoms. The Balaban J connectivity index is 1.39.